The van der Waals surface area contributed by atoms with Crippen molar-refractivity contribution in [3.63, 3.8) is 0 Å². The maximum Gasteiger partial charge on any atom is 0.234 e. The number of rotatable bonds is 6. The van der Waals surface area contributed by atoms with Crippen LogP contribution in [0.2, 0.25) is 0 Å². The van der Waals surface area contributed by atoms with Gasteiger partial charge in [0.15, 0.2) is 0 Å². The molecule has 1 aliphatic heterocycles. The van der Waals surface area contributed by atoms with E-state index in [1.807, 2.05) is 19.1 Å². The van der Waals surface area contributed by atoms with Gasteiger partial charge in [0, 0.05) is 19.6 Å². The summed E-state index contributed by atoms with van der Waals surface area (Å²) in [6, 6.07) is 4.01. The summed E-state index contributed by atoms with van der Waals surface area (Å²) in [4.78, 5) is 13.9. The molecular weight excluding hydrogens is 258 g/mol. The van der Waals surface area contributed by atoms with Crippen LogP contribution in [0.4, 0.5) is 0 Å². The molecule has 0 aliphatic carbocycles. The number of nitrogens with zero attached hydrogens (tertiary/aromatic N) is 1. The number of carbonyl (C=O) groups excluding carboxylic acids is 1. The number of morpholine rings is 1. The Morgan fingerprint density at radius 2 is 2.15 bits per heavy atom. The third kappa shape index (κ3) is 4.06. The summed E-state index contributed by atoms with van der Waals surface area (Å²) in [6.45, 7) is 5.96. The van der Waals surface area contributed by atoms with Crippen LogP contribution < -0.4 is 10.6 Å². The minimum absolute atomic E-state index is 0.00552. The van der Waals surface area contributed by atoms with Gasteiger partial charge in [-0.2, -0.15) is 0 Å². The van der Waals surface area contributed by atoms with Crippen molar-refractivity contribution in [3.8, 4) is 0 Å². The first-order chi connectivity index (χ1) is 9.70. The van der Waals surface area contributed by atoms with Crippen molar-refractivity contribution < 1.29 is 13.9 Å². The van der Waals surface area contributed by atoms with Gasteiger partial charge in [-0.15, -0.1) is 0 Å². The largest absolute Gasteiger partial charge is 0.465 e. The van der Waals surface area contributed by atoms with Crippen LogP contribution in [0.15, 0.2) is 16.5 Å². The van der Waals surface area contributed by atoms with Crippen molar-refractivity contribution in [1.29, 1.82) is 0 Å². The van der Waals surface area contributed by atoms with Gasteiger partial charge in [-0.3, -0.25) is 9.69 Å². The third-order valence-corrected chi connectivity index (χ3v) is 3.41. The summed E-state index contributed by atoms with van der Waals surface area (Å²) in [7, 11) is 1.76. The summed E-state index contributed by atoms with van der Waals surface area (Å²) in [5.74, 6) is 1.78. The number of hydrogen-bond acceptors (Lipinski definition) is 5. The van der Waals surface area contributed by atoms with Gasteiger partial charge in [0.1, 0.15) is 11.5 Å². The minimum Gasteiger partial charge on any atom is -0.465 e. The van der Waals surface area contributed by atoms with Crippen molar-refractivity contribution in [2.24, 2.45) is 0 Å². The summed E-state index contributed by atoms with van der Waals surface area (Å²) in [6.07, 6.45) is 0. The molecule has 1 aliphatic rings. The van der Waals surface area contributed by atoms with Crippen molar-refractivity contribution in [2.45, 2.75) is 13.0 Å². The van der Waals surface area contributed by atoms with Crippen LogP contribution >= 0.6 is 0 Å². The van der Waals surface area contributed by atoms with E-state index in [9.17, 15) is 4.79 Å². The second-order valence-electron chi connectivity index (χ2n) is 4.95. The van der Waals surface area contributed by atoms with Gasteiger partial charge in [-0.1, -0.05) is 0 Å². The molecule has 0 radical (unpaired) electrons. The average Bonchev–Trinajstić information content (AvgIpc) is 2.87. The quantitative estimate of drug-likeness (QED) is 0.785. The molecule has 1 fully saturated rings. The molecule has 6 heteroatoms. The molecule has 1 aromatic rings. The summed E-state index contributed by atoms with van der Waals surface area (Å²) < 4.78 is 11.1. The van der Waals surface area contributed by atoms with Crippen LogP contribution in [-0.2, 0) is 9.53 Å². The molecule has 1 amide bonds. The van der Waals surface area contributed by atoms with Crippen molar-refractivity contribution in [1.82, 2.24) is 15.5 Å². The Hall–Kier alpha value is -1.37. The molecule has 2 rings (SSSR count). The molecule has 0 saturated carbocycles. The van der Waals surface area contributed by atoms with Crippen LogP contribution in [0, 0.1) is 6.92 Å². The smallest absolute Gasteiger partial charge is 0.234 e. The lowest BCUT2D eigenvalue weighted by Gasteiger charge is -2.33. The summed E-state index contributed by atoms with van der Waals surface area (Å²) >= 11 is 0. The second-order valence-corrected chi connectivity index (χ2v) is 4.95. The van der Waals surface area contributed by atoms with E-state index in [1.165, 1.54) is 0 Å². The van der Waals surface area contributed by atoms with Crippen molar-refractivity contribution in [3.05, 3.63) is 23.7 Å². The zero-order valence-corrected chi connectivity index (χ0v) is 12.1. The highest BCUT2D eigenvalue weighted by atomic mass is 16.5. The zero-order chi connectivity index (χ0) is 14.4. The molecule has 112 valence electrons. The van der Waals surface area contributed by atoms with Crippen LogP contribution in [0.5, 0.6) is 0 Å². The lowest BCUT2D eigenvalue weighted by atomic mass is 10.1. The standard InChI is InChI=1S/C14H23N3O3/c1-11-3-4-13(20-11)12(9-16-14(18)10-15-2)17-5-7-19-8-6-17/h3-4,12,15H,5-10H2,1-2H3,(H,16,18). The third-order valence-electron chi connectivity index (χ3n) is 3.41. The van der Waals surface area contributed by atoms with Gasteiger partial charge < -0.3 is 19.8 Å². The molecule has 1 unspecified atom stereocenters. The number of furan rings is 1. The Labute approximate surface area is 119 Å². The maximum atomic E-state index is 11.6. The number of hydrogen-bond donors (Lipinski definition) is 2. The first-order valence-corrected chi connectivity index (χ1v) is 7.00. The molecule has 0 bridgehead atoms. The van der Waals surface area contributed by atoms with E-state index >= 15 is 0 Å². The molecule has 20 heavy (non-hydrogen) atoms. The fraction of sp³-hybridized carbons (Fsp3) is 0.643. The van der Waals surface area contributed by atoms with Crippen LogP contribution in [0.3, 0.4) is 0 Å². The Morgan fingerprint density at radius 1 is 1.40 bits per heavy atom. The highest BCUT2D eigenvalue weighted by Crippen LogP contribution is 2.23. The number of carbonyl (C=O) groups is 1. The predicted octanol–water partition coefficient (Wildman–Crippen LogP) is 0.297. The number of ether oxygens (including phenoxy) is 1. The fourth-order valence-electron chi connectivity index (χ4n) is 2.36. The molecular formula is C14H23N3O3. The van der Waals surface area contributed by atoms with Crippen LogP contribution in [0.1, 0.15) is 17.6 Å². The van der Waals surface area contributed by atoms with E-state index in [2.05, 4.69) is 15.5 Å². The van der Waals surface area contributed by atoms with Crippen molar-refractivity contribution >= 4 is 5.91 Å². The van der Waals surface area contributed by atoms with Gasteiger partial charge in [0.2, 0.25) is 5.91 Å². The molecule has 1 saturated heterocycles. The van der Waals surface area contributed by atoms with Gasteiger partial charge in [0.25, 0.3) is 0 Å². The fourth-order valence-corrected chi connectivity index (χ4v) is 2.36. The van der Waals surface area contributed by atoms with Gasteiger partial charge in [0.05, 0.1) is 25.8 Å². The van der Waals surface area contributed by atoms with E-state index in [1.54, 1.807) is 7.05 Å². The number of likely N-dealkylation sites (N-methyl/N-ethyl adjacent to an activating group) is 1. The number of nitrogens with one attached hydrogen (secondary N) is 2. The van der Waals surface area contributed by atoms with Gasteiger partial charge in [-0.05, 0) is 26.1 Å². The summed E-state index contributed by atoms with van der Waals surface area (Å²) in [5, 5.41) is 5.79. The van der Waals surface area contributed by atoms with Gasteiger partial charge in [-0.25, -0.2) is 0 Å². The average molecular weight is 281 g/mol. The molecule has 1 aromatic heterocycles. The first-order valence-electron chi connectivity index (χ1n) is 7.00. The predicted molar refractivity (Wildman–Crippen MR) is 75.5 cm³/mol. The Kier molecular flexibility index (Phi) is 5.58. The maximum absolute atomic E-state index is 11.6. The Balaban J connectivity index is 2.01. The van der Waals surface area contributed by atoms with E-state index in [4.69, 9.17) is 9.15 Å². The highest BCUT2D eigenvalue weighted by molar-refractivity contribution is 5.77. The monoisotopic (exact) mass is 281 g/mol. The van der Waals surface area contributed by atoms with Gasteiger partial charge >= 0.3 is 0 Å². The molecule has 1 atom stereocenters. The topological polar surface area (TPSA) is 66.7 Å². The normalized spacial score (nSPS) is 17.9. The Morgan fingerprint density at radius 3 is 2.75 bits per heavy atom. The van der Waals surface area contributed by atoms with E-state index < -0.39 is 0 Å². The molecule has 6 nitrogen and oxygen atoms in total. The minimum atomic E-state index is -0.00552. The van der Waals surface area contributed by atoms with E-state index in [-0.39, 0.29) is 11.9 Å². The first kappa shape index (κ1) is 15.0. The Bertz CT molecular complexity index is 427. The molecule has 2 N–H and O–H groups in total. The molecule has 0 spiro atoms. The lowest BCUT2D eigenvalue weighted by Crippen LogP contribution is -2.44. The molecule has 0 aromatic carbocycles. The van der Waals surface area contributed by atoms with Crippen LogP contribution in [0.25, 0.3) is 0 Å². The zero-order valence-electron chi connectivity index (χ0n) is 12.1. The lowest BCUT2D eigenvalue weighted by molar-refractivity contribution is -0.120. The van der Waals surface area contributed by atoms with Crippen molar-refractivity contribution in [2.75, 3.05) is 46.4 Å². The number of aryl methyl sites for hydroxylation is 1. The summed E-state index contributed by atoms with van der Waals surface area (Å²) in [5.41, 5.74) is 0. The van der Waals surface area contributed by atoms with E-state index in [0.717, 1.165) is 37.8 Å². The van der Waals surface area contributed by atoms with E-state index in [0.29, 0.717) is 13.1 Å². The SMILES string of the molecule is CNCC(=O)NCC(c1ccc(C)o1)N1CCOCC1. The highest BCUT2D eigenvalue weighted by Gasteiger charge is 2.25. The molecule has 2 heterocycles. The van der Waals surface area contributed by atoms with Crippen LogP contribution in [-0.4, -0.2) is 57.2 Å². The number of amides is 1. The second kappa shape index (κ2) is 7.42.